The number of aliphatic hydroxyl groups is 1. The van der Waals surface area contributed by atoms with Crippen LogP contribution in [0.5, 0.6) is 5.75 Å². The normalized spacial score (nSPS) is 12.1. The second-order valence-corrected chi connectivity index (χ2v) is 5.13. The van der Waals surface area contributed by atoms with Crippen molar-refractivity contribution < 1.29 is 9.84 Å². The Morgan fingerprint density at radius 2 is 1.95 bits per heavy atom. The van der Waals surface area contributed by atoms with Crippen LogP contribution in [0.15, 0.2) is 29.8 Å². The van der Waals surface area contributed by atoms with Crippen molar-refractivity contribution in [2.24, 2.45) is 0 Å². The van der Waals surface area contributed by atoms with Gasteiger partial charge in [0.25, 0.3) is 0 Å². The molecule has 0 amide bonds. The Labute approximate surface area is 116 Å². The van der Waals surface area contributed by atoms with E-state index in [0.29, 0.717) is 13.2 Å². The van der Waals surface area contributed by atoms with Gasteiger partial charge in [0.1, 0.15) is 18.5 Å². The molecule has 0 aromatic heterocycles. The molecule has 1 aromatic carbocycles. The number of aryl methyl sites for hydroxylation is 2. The summed E-state index contributed by atoms with van der Waals surface area (Å²) in [5.41, 5.74) is 3.48. The highest BCUT2D eigenvalue weighted by Crippen LogP contribution is 2.22. The predicted octanol–water partition coefficient (Wildman–Crippen LogP) is 2.60. The van der Waals surface area contributed by atoms with E-state index in [-0.39, 0.29) is 0 Å². The van der Waals surface area contributed by atoms with Gasteiger partial charge >= 0.3 is 0 Å². The first-order valence-electron chi connectivity index (χ1n) is 6.72. The third-order valence-corrected chi connectivity index (χ3v) is 2.86. The van der Waals surface area contributed by atoms with Gasteiger partial charge in [0, 0.05) is 13.1 Å². The molecule has 0 bridgehead atoms. The minimum absolute atomic E-state index is 0.313. The molecule has 0 fully saturated rings. The fraction of sp³-hybridized carbons (Fsp3) is 0.500. The van der Waals surface area contributed by atoms with E-state index in [2.05, 4.69) is 25.2 Å². The number of hydrogen-bond acceptors (Lipinski definition) is 3. The first-order chi connectivity index (χ1) is 9.00. The monoisotopic (exact) mass is 263 g/mol. The number of allylic oxidation sites excluding steroid dienone is 1. The van der Waals surface area contributed by atoms with E-state index in [1.54, 1.807) is 0 Å². The summed E-state index contributed by atoms with van der Waals surface area (Å²) in [6.45, 7) is 9.78. The maximum absolute atomic E-state index is 9.85. The first kappa shape index (κ1) is 15.7. The van der Waals surface area contributed by atoms with Crippen molar-refractivity contribution in [2.75, 3.05) is 19.7 Å². The fourth-order valence-corrected chi connectivity index (χ4v) is 1.79. The van der Waals surface area contributed by atoms with Crippen LogP contribution < -0.4 is 10.1 Å². The number of aliphatic hydroxyl groups excluding tert-OH is 1. The van der Waals surface area contributed by atoms with Crippen LogP contribution in [-0.4, -0.2) is 30.9 Å². The Morgan fingerprint density at radius 3 is 2.53 bits per heavy atom. The van der Waals surface area contributed by atoms with Crippen LogP contribution in [0, 0.1) is 13.8 Å². The SMILES string of the molecule is CC(C)=CCNCC(O)COc1c(C)cccc1C. The highest BCUT2D eigenvalue weighted by Gasteiger charge is 2.07. The molecule has 3 heteroatoms. The molecule has 0 saturated heterocycles. The Balaban J connectivity index is 2.34. The molecule has 0 aliphatic rings. The summed E-state index contributed by atoms with van der Waals surface area (Å²) in [5, 5.41) is 13.0. The van der Waals surface area contributed by atoms with Gasteiger partial charge in [-0.25, -0.2) is 0 Å². The maximum atomic E-state index is 9.85. The molecule has 0 spiro atoms. The lowest BCUT2D eigenvalue weighted by Gasteiger charge is -2.15. The summed E-state index contributed by atoms with van der Waals surface area (Å²) in [6, 6.07) is 6.04. The minimum Gasteiger partial charge on any atom is -0.490 e. The molecule has 19 heavy (non-hydrogen) atoms. The second kappa shape index (κ2) is 7.97. The Bertz CT molecular complexity index is 403. The largest absolute Gasteiger partial charge is 0.490 e. The second-order valence-electron chi connectivity index (χ2n) is 5.13. The molecule has 0 heterocycles. The highest BCUT2D eigenvalue weighted by atomic mass is 16.5. The number of hydrogen-bond donors (Lipinski definition) is 2. The van der Waals surface area contributed by atoms with Crippen LogP contribution in [0.25, 0.3) is 0 Å². The van der Waals surface area contributed by atoms with E-state index < -0.39 is 6.10 Å². The summed E-state index contributed by atoms with van der Waals surface area (Å²) >= 11 is 0. The van der Waals surface area contributed by atoms with Gasteiger partial charge in [-0.05, 0) is 38.8 Å². The van der Waals surface area contributed by atoms with Crippen LogP contribution >= 0.6 is 0 Å². The standard InChI is InChI=1S/C16H25NO2/c1-12(2)8-9-17-10-15(18)11-19-16-13(3)6-5-7-14(16)4/h5-8,15,17-18H,9-11H2,1-4H3. The lowest BCUT2D eigenvalue weighted by Crippen LogP contribution is -2.31. The first-order valence-corrected chi connectivity index (χ1v) is 6.72. The topological polar surface area (TPSA) is 41.5 Å². The van der Waals surface area contributed by atoms with Crippen molar-refractivity contribution in [3.05, 3.63) is 41.0 Å². The average molecular weight is 263 g/mol. The third-order valence-electron chi connectivity index (χ3n) is 2.86. The number of rotatable bonds is 7. The quantitative estimate of drug-likeness (QED) is 0.587. The summed E-state index contributed by atoms with van der Waals surface area (Å²) in [7, 11) is 0. The van der Waals surface area contributed by atoms with Gasteiger partial charge in [0.2, 0.25) is 0 Å². The molecule has 1 unspecified atom stereocenters. The van der Waals surface area contributed by atoms with E-state index in [9.17, 15) is 5.11 Å². The fourth-order valence-electron chi connectivity index (χ4n) is 1.79. The number of ether oxygens (including phenoxy) is 1. The van der Waals surface area contributed by atoms with E-state index in [0.717, 1.165) is 23.4 Å². The maximum Gasteiger partial charge on any atom is 0.125 e. The van der Waals surface area contributed by atoms with Gasteiger partial charge in [-0.2, -0.15) is 0 Å². The van der Waals surface area contributed by atoms with E-state index in [4.69, 9.17) is 4.74 Å². The zero-order valence-corrected chi connectivity index (χ0v) is 12.4. The van der Waals surface area contributed by atoms with E-state index in [1.165, 1.54) is 5.57 Å². The van der Waals surface area contributed by atoms with Crippen LogP contribution in [-0.2, 0) is 0 Å². The third kappa shape index (κ3) is 5.90. The molecule has 2 N–H and O–H groups in total. The summed E-state index contributed by atoms with van der Waals surface area (Å²) in [6.07, 6.45) is 1.60. The van der Waals surface area contributed by atoms with Crippen molar-refractivity contribution in [3.63, 3.8) is 0 Å². The molecule has 106 valence electrons. The lowest BCUT2D eigenvalue weighted by molar-refractivity contribution is 0.106. The Kier molecular flexibility index (Phi) is 6.60. The van der Waals surface area contributed by atoms with E-state index in [1.807, 2.05) is 32.0 Å². The van der Waals surface area contributed by atoms with Gasteiger partial charge < -0.3 is 15.2 Å². The van der Waals surface area contributed by atoms with Gasteiger partial charge in [-0.1, -0.05) is 29.8 Å². The molecular formula is C16H25NO2. The van der Waals surface area contributed by atoms with E-state index >= 15 is 0 Å². The highest BCUT2D eigenvalue weighted by molar-refractivity contribution is 5.39. The molecular weight excluding hydrogens is 238 g/mol. The molecule has 1 atom stereocenters. The molecule has 1 aromatic rings. The van der Waals surface area contributed by atoms with Crippen molar-refractivity contribution in [1.29, 1.82) is 0 Å². The van der Waals surface area contributed by atoms with Gasteiger partial charge in [-0.3, -0.25) is 0 Å². The molecule has 0 saturated carbocycles. The van der Waals surface area contributed by atoms with Gasteiger partial charge in [0.05, 0.1) is 0 Å². The molecule has 3 nitrogen and oxygen atoms in total. The zero-order valence-electron chi connectivity index (χ0n) is 12.4. The lowest BCUT2D eigenvalue weighted by atomic mass is 10.1. The summed E-state index contributed by atoms with van der Waals surface area (Å²) in [5.74, 6) is 0.880. The zero-order chi connectivity index (χ0) is 14.3. The van der Waals surface area contributed by atoms with Gasteiger partial charge in [0.15, 0.2) is 0 Å². The number of benzene rings is 1. The Hall–Kier alpha value is -1.32. The van der Waals surface area contributed by atoms with Crippen LogP contribution in [0.3, 0.4) is 0 Å². The van der Waals surface area contributed by atoms with Crippen LogP contribution in [0.2, 0.25) is 0 Å². The van der Waals surface area contributed by atoms with Crippen LogP contribution in [0.1, 0.15) is 25.0 Å². The van der Waals surface area contributed by atoms with Crippen molar-refractivity contribution in [2.45, 2.75) is 33.8 Å². The van der Waals surface area contributed by atoms with Crippen molar-refractivity contribution in [1.82, 2.24) is 5.32 Å². The number of para-hydroxylation sites is 1. The molecule has 1 rings (SSSR count). The Morgan fingerprint density at radius 1 is 1.32 bits per heavy atom. The predicted molar refractivity (Wildman–Crippen MR) is 79.7 cm³/mol. The smallest absolute Gasteiger partial charge is 0.125 e. The van der Waals surface area contributed by atoms with Crippen molar-refractivity contribution in [3.8, 4) is 5.75 Å². The van der Waals surface area contributed by atoms with Gasteiger partial charge in [-0.15, -0.1) is 0 Å². The summed E-state index contributed by atoms with van der Waals surface area (Å²) in [4.78, 5) is 0. The van der Waals surface area contributed by atoms with Crippen LogP contribution in [0.4, 0.5) is 0 Å². The molecule has 0 aliphatic carbocycles. The number of nitrogens with one attached hydrogen (secondary N) is 1. The van der Waals surface area contributed by atoms with Crippen molar-refractivity contribution >= 4 is 0 Å². The summed E-state index contributed by atoms with van der Waals surface area (Å²) < 4.78 is 5.70. The molecule has 0 aliphatic heterocycles. The average Bonchev–Trinajstić information content (AvgIpc) is 2.34. The minimum atomic E-state index is -0.496. The molecule has 0 radical (unpaired) electrons.